The highest BCUT2D eigenvalue weighted by atomic mass is 127. The minimum absolute atomic E-state index is 0. The molecule has 0 radical (unpaired) electrons. The van der Waals surface area contributed by atoms with E-state index in [0.29, 0.717) is 19.0 Å². The molecule has 1 aromatic carbocycles. The summed E-state index contributed by atoms with van der Waals surface area (Å²) in [7, 11) is 0. The number of pyridine rings is 1. The molecule has 0 spiro atoms. The van der Waals surface area contributed by atoms with Gasteiger partial charge < -0.3 is 10.6 Å². The van der Waals surface area contributed by atoms with Crippen LogP contribution in [-0.2, 0) is 13.0 Å². The number of guanidine groups is 1. The number of hydrogen-bond acceptors (Lipinski definition) is 3. The Bertz CT molecular complexity index is 864. The van der Waals surface area contributed by atoms with Gasteiger partial charge in [0.05, 0.1) is 0 Å². The fourth-order valence-electron chi connectivity index (χ4n) is 2.51. The number of aromatic nitrogens is 3. The largest absolute Gasteiger partial charge is 0.357 e. The first-order valence-electron chi connectivity index (χ1n) is 8.31. The van der Waals surface area contributed by atoms with Gasteiger partial charge >= 0.3 is 0 Å². The van der Waals surface area contributed by atoms with Gasteiger partial charge in [0.25, 0.3) is 0 Å². The zero-order valence-corrected chi connectivity index (χ0v) is 16.9. The quantitative estimate of drug-likeness (QED) is 0.332. The van der Waals surface area contributed by atoms with Gasteiger partial charge in [0, 0.05) is 19.3 Å². The average molecular weight is 468 g/mol. The molecule has 2 N–H and O–H groups in total. The second-order valence-corrected chi connectivity index (χ2v) is 5.55. The van der Waals surface area contributed by atoms with E-state index >= 15 is 0 Å². The van der Waals surface area contributed by atoms with Crippen LogP contribution in [0.2, 0.25) is 0 Å². The van der Waals surface area contributed by atoms with Crippen molar-refractivity contribution in [2.75, 3.05) is 13.1 Å². The molecule has 0 amide bonds. The molecule has 3 aromatic rings. The zero-order chi connectivity index (χ0) is 17.5. The maximum absolute atomic E-state index is 13.2. The smallest absolute Gasteiger partial charge is 0.191 e. The van der Waals surface area contributed by atoms with Crippen LogP contribution in [0.1, 0.15) is 18.3 Å². The summed E-state index contributed by atoms with van der Waals surface area (Å²) in [5.74, 6) is 1.27. The SMILES string of the molecule is CCNC(=NCc1nnc2ccccn12)NCCc1cccc(F)c1.I. The molecule has 0 unspecified atom stereocenters. The maximum atomic E-state index is 13.2. The predicted octanol–water partition coefficient (Wildman–Crippen LogP) is 2.78. The molecule has 3 rings (SSSR count). The number of nitrogens with one attached hydrogen (secondary N) is 2. The molecule has 2 heterocycles. The Morgan fingerprint density at radius 1 is 1.15 bits per heavy atom. The molecule has 0 saturated heterocycles. The normalized spacial score (nSPS) is 11.2. The minimum Gasteiger partial charge on any atom is -0.357 e. The van der Waals surface area contributed by atoms with Crippen LogP contribution in [0.25, 0.3) is 5.65 Å². The molecular formula is C18H22FIN6. The van der Waals surface area contributed by atoms with Gasteiger partial charge in [-0.2, -0.15) is 0 Å². The van der Waals surface area contributed by atoms with E-state index in [1.54, 1.807) is 12.1 Å². The third-order valence-corrected chi connectivity index (χ3v) is 3.70. The molecule has 6 nitrogen and oxygen atoms in total. The average Bonchev–Trinajstić information content (AvgIpc) is 3.03. The molecule has 138 valence electrons. The lowest BCUT2D eigenvalue weighted by Crippen LogP contribution is -2.38. The van der Waals surface area contributed by atoms with E-state index in [4.69, 9.17) is 0 Å². The van der Waals surface area contributed by atoms with Crippen LogP contribution in [0.4, 0.5) is 4.39 Å². The van der Waals surface area contributed by atoms with Crippen molar-refractivity contribution in [2.45, 2.75) is 19.9 Å². The summed E-state index contributed by atoms with van der Waals surface area (Å²) in [5.41, 5.74) is 1.75. The molecule has 0 atom stereocenters. The van der Waals surface area contributed by atoms with Gasteiger partial charge in [0.2, 0.25) is 0 Å². The van der Waals surface area contributed by atoms with Crippen molar-refractivity contribution in [3.63, 3.8) is 0 Å². The van der Waals surface area contributed by atoms with Crippen LogP contribution in [0.15, 0.2) is 53.7 Å². The number of aliphatic imine (C=N–C) groups is 1. The summed E-state index contributed by atoms with van der Waals surface area (Å²) in [6.45, 7) is 3.85. The Kier molecular flexibility index (Phi) is 7.76. The minimum atomic E-state index is -0.211. The van der Waals surface area contributed by atoms with E-state index in [1.165, 1.54) is 6.07 Å². The van der Waals surface area contributed by atoms with Gasteiger partial charge in [-0.25, -0.2) is 9.38 Å². The topological polar surface area (TPSA) is 66.6 Å². The van der Waals surface area contributed by atoms with E-state index in [1.807, 2.05) is 41.8 Å². The Hall–Kier alpha value is -2.23. The van der Waals surface area contributed by atoms with Crippen LogP contribution in [0.3, 0.4) is 0 Å². The summed E-state index contributed by atoms with van der Waals surface area (Å²) in [6, 6.07) is 12.4. The highest BCUT2D eigenvalue weighted by Gasteiger charge is 2.04. The van der Waals surface area contributed by atoms with Crippen LogP contribution in [0, 0.1) is 5.82 Å². The summed E-state index contributed by atoms with van der Waals surface area (Å²) in [4.78, 5) is 4.55. The Morgan fingerprint density at radius 3 is 2.85 bits per heavy atom. The van der Waals surface area contributed by atoms with E-state index in [9.17, 15) is 4.39 Å². The molecule has 8 heteroatoms. The number of rotatable bonds is 6. The maximum Gasteiger partial charge on any atom is 0.191 e. The third kappa shape index (κ3) is 5.38. The Morgan fingerprint density at radius 2 is 2.04 bits per heavy atom. The van der Waals surface area contributed by atoms with Crippen LogP contribution in [-0.4, -0.2) is 33.6 Å². The number of fused-ring (bicyclic) bond motifs is 1. The second-order valence-electron chi connectivity index (χ2n) is 5.55. The molecule has 0 aliphatic rings. The molecular weight excluding hydrogens is 446 g/mol. The first-order valence-corrected chi connectivity index (χ1v) is 8.31. The lowest BCUT2D eigenvalue weighted by Gasteiger charge is -2.11. The van der Waals surface area contributed by atoms with Gasteiger partial charge in [-0.15, -0.1) is 34.2 Å². The first kappa shape index (κ1) is 20.1. The summed E-state index contributed by atoms with van der Waals surface area (Å²) in [5, 5.41) is 14.7. The summed E-state index contributed by atoms with van der Waals surface area (Å²) < 4.78 is 15.1. The van der Waals surface area contributed by atoms with E-state index in [-0.39, 0.29) is 29.8 Å². The monoisotopic (exact) mass is 468 g/mol. The van der Waals surface area contributed by atoms with Gasteiger partial charge in [0.1, 0.15) is 12.4 Å². The molecule has 0 fully saturated rings. The van der Waals surface area contributed by atoms with Crippen LogP contribution < -0.4 is 10.6 Å². The van der Waals surface area contributed by atoms with Gasteiger partial charge in [-0.3, -0.25) is 4.40 Å². The molecule has 0 aliphatic heterocycles. The van der Waals surface area contributed by atoms with Crippen molar-refractivity contribution in [2.24, 2.45) is 4.99 Å². The van der Waals surface area contributed by atoms with Crippen molar-refractivity contribution in [3.05, 3.63) is 65.9 Å². The number of benzene rings is 1. The standard InChI is InChI=1S/C18H21FN6.HI/c1-2-20-18(21-10-9-14-6-5-7-15(19)12-14)22-13-17-24-23-16-8-3-4-11-25(16)17;/h3-8,11-12H,2,9-10,13H2,1H3,(H2,20,21,22);1H. The third-order valence-electron chi connectivity index (χ3n) is 3.70. The molecule has 0 saturated carbocycles. The second kappa shape index (κ2) is 10.0. The van der Waals surface area contributed by atoms with Gasteiger partial charge in [-0.1, -0.05) is 18.2 Å². The number of hydrogen-bond donors (Lipinski definition) is 2. The van der Waals surface area contributed by atoms with Gasteiger partial charge in [0.15, 0.2) is 17.4 Å². The Balaban J connectivity index is 0.00000243. The van der Waals surface area contributed by atoms with Crippen molar-refractivity contribution < 1.29 is 4.39 Å². The van der Waals surface area contributed by atoms with Crippen molar-refractivity contribution in [1.82, 2.24) is 25.2 Å². The van der Waals surface area contributed by atoms with E-state index in [2.05, 4.69) is 25.8 Å². The van der Waals surface area contributed by atoms with Crippen molar-refractivity contribution in [1.29, 1.82) is 0 Å². The molecule has 2 aromatic heterocycles. The lowest BCUT2D eigenvalue weighted by atomic mass is 10.1. The summed E-state index contributed by atoms with van der Waals surface area (Å²) in [6.07, 6.45) is 2.64. The fraction of sp³-hybridized carbons (Fsp3) is 0.278. The molecule has 0 aliphatic carbocycles. The zero-order valence-electron chi connectivity index (χ0n) is 14.5. The molecule has 26 heavy (non-hydrogen) atoms. The number of halogens is 2. The van der Waals surface area contributed by atoms with Crippen LogP contribution >= 0.6 is 24.0 Å². The van der Waals surface area contributed by atoms with Crippen molar-refractivity contribution in [3.8, 4) is 0 Å². The Labute approximate surface area is 169 Å². The highest BCUT2D eigenvalue weighted by Crippen LogP contribution is 2.05. The predicted molar refractivity (Wildman–Crippen MR) is 111 cm³/mol. The van der Waals surface area contributed by atoms with E-state index < -0.39 is 0 Å². The lowest BCUT2D eigenvalue weighted by molar-refractivity contribution is 0.625. The van der Waals surface area contributed by atoms with Gasteiger partial charge in [-0.05, 0) is 43.2 Å². The van der Waals surface area contributed by atoms with E-state index in [0.717, 1.165) is 30.0 Å². The highest BCUT2D eigenvalue weighted by molar-refractivity contribution is 14.0. The fourth-order valence-corrected chi connectivity index (χ4v) is 2.51. The first-order chi connectivity index (χ1) is 12.3. The summed E-state index contributed by atoms with van der Waals surface area (Å²) >= 11 is 0. The van der Waals surface area contributed by atoms with Crippen molar-refractivity contribution >= 4 is 35.6 Å². The van der Waals surface area contributed by atoms with Crippen LogP contribution in [0.5, 0.6) is 0 Å². The molecule has 0 bridgehead atoms. The number of nitrogens with zero attached hydrogens (tertiary/aromatic N) is 4.